The number of hydrogen-bond acceptors (Lipinski definition) is 6. The summed E-state index contributed by atoms with van der Waals surface area (Å²) in [5.41, 5.74) is 12.6. The molecule has 29 heavy (non-hydrogen) atoms. The lowest BCUT2D eigenvalue weighted by atomic mass is 9.99. The van der Waals surface area contributed by atoms with Gasteiger partial charge in [-0.25, -0.2) is 4.98 Å². The Morgan fingerprint density at radius 3 is 2.62 bits per heavy atom. The van der Waals surface area contributed by atoms with Crippen LogP contribution in [0.4, 0.5) is 11.8 Å². The van der Waals surface area contributed by atoms with Crippen molar-refractivity contribution in [1.82, 2.24) is 19.7 Å². The fourth-order valence-electron chi connectivity index (χ4n) is 4.14. The van der Waals surface area contributed by atoms with E-state index in [4.69, 9.17) is 10.5 Å². The van der Waals surface area contributed by atoms with Crippen LogP contribution in [0.3, 0.4) is 0 Å². The molecule has 1 aliphatic rings. The van der Waals surface area contributed by atoms with Gasteiger partial charge < -0.3 is 15.4 Å². The molecule has 0 amide bonds. The molecule has 2 aromatic heterocycles. The summed E-state index contributed by atoms with van der Waals surface area (Å²) in [4.78, 5) is 11.3. The number of ether oxygens (including phenoxy) is 1. The van der Waals surface area contributed by atoms with Crippen LogP contribution >= 0.6 is 0 Å². The van der Waals surface area contributed by atoms with Gasteiger partial charge >= 0.3 is 0 Å². The molecule has 0 radical (unpaired) electrons. The third-order valence-corrected chi connectivity index (χ3v) is 5.37. The van der Waals surface area contributed by atoms with E-state index in [1.807, 2.05) is 31.0 Å². The van der Waals surface area contributed by atoms with E-state index in [0.717, 1.165) is 51.6 Å². The summed E-state index contributed by atoms with van der Waals surface area (Å²) in [6.45, 7) is 10.5. The molecule has 152 valence electrons. The number of nitrogens with zero attached hydrogens (tertiary/aromatic N) is 5. The van der Waals surface area contributed by atoms with Gasteiger partial charge in [0.2, 0.25) is 5.95 Å². The number of aromatic nitrogens is 4. The van der Waals surface area contributed by atoms with Crippen LogP contribution in [0.1, 0.15) is 42.1 Å². The lowest BCUT2D eigenvalue weighted by Gasteiger charge is -2.26. The highest BCUT2D eigenvalue weighted by atomic mass is 16.5. The summed E-state index contributed by atoms with van der Waals surface area (Å²) < 4.78 is 7.97. The normalized spacial score (nSPS) is 13.9. The molecule has 3 aromatic rings. The van der Waals surface area contributed by atoms with Crippen molar-refractivity contribution in [3.8, 4) is 16.9 Å². The van der Waals surface area contributed by atoms with E-state index in [0.29, 0.717) is 25.0 Å². The van der Waals surface area contributed by atoms with Gasteiger partial charge in [0.15, 0.2) is 0 Å². The number of rotatable bonds is 3. The molecule has 0 saturated heterocycles. The highest BCUT2D eigenvalue weighted by molar-refractivity contribution is 5.67. The minimum Gasteiger partial charge on any atom is -0.491 e. The second kappa shape index (κ2) is 7.39. The topological polar surface area (TPSA) is 82.1 Å². The van der Waals surface area contributed by atoms with Crippen LogP contribution in [-0.4, -0.2) is 32.9 Å². The molecule has 0 unspecified atom stereocenters. The molecule has 0 bridgehead atoms. The first-order valence-corrected chi connectivity index (χ1v) is 9.97. The highest BCUT2D eigenvalue weighted by Gasteiger charge is 2.24. The maximum Gasteiger partial charge on any atom is 0.222 e. The van der Waals surface area contributed by atoms with Gasteiger partial charge in [0.25, 0.3) is 0 Å². The largest absolute Gasteiger partial charge is 0.491 e. The Morgan fingerprint density at radius 1 is 1.14 bits per heavy atom. The molecule has 3 heterocycles. The Balaban J connectivity index is 1.78. The van der Waals surface area contributed by atoms with Crippen molar-refractivity contribution in [3.05, 3.63) is 46.9 Å². The minimum absolute atomic E-state index is 0.303. The second-order valence-corrected chi connectivity index (χ2v) is 8.01. The van der Waals surface area contributed by atoms with Gasteiger partial charge in [-0.2, -0.15) is 10.1 Å². The zero-order chi connectivity index (χ0) is 20.7. The smallest absolute Gasteiger partial charge is 0.222 e. The van der Waals surface area contributed by atoms with Crippen LogP contribution in [0.25, 0.3) is 11.1 Å². The number of nitrogen functional groups attached to an aromatic ring is 1. The molecule has 0 atom stereocenters. The van der Waals surface area contributed by atoms with Crippen LogP contribution in [0.2, 0.25) is 0 Å². The second-order valence-electron chi connectivity index (χ2n) is 8.01. The monoisotopic (exact) mass is 392 g/mol. The molecule has 1 aromatic carbocycles. The number of aryl methyl sites for hydroxylation is 3. The standard InChI is InChI=1S/C22H28N6O/c1-13(2)19-15(4)25-22(23)26-21(19)28-6-7-29-20-14(3)8-16(9-17(20)12-28)18-10-24-27(5)11-18/h8-11,13H,6-7,12H2,1-5H3,(H2,23,25,26). The van der Waals surface area contributed by atoms with Crippen molar-refractivity contribution in [2.75, 3.05) is 23.8 Å². The van der Waals surface area contributed by atoms with Gasteiger partial charge in [-0.15, -0.1) is 0 Å². The van der Waals surface area contributed by atoms with Crippen LogP contribution in [-0.2, 0) is 13.6 Å². The number of hydrogen-bond donors (Lipinski definition) is 1. The van der Waals surface area contributed by atoms with E-state index in [1.54, 1.807) is 0 Å². The van der Waals surface area contributed by atoms with Crippen LogP contribution in [0.15, 0.2) is 24.5 Å². The predicted octanol–water partition coefficient (Wildman–Crippen LogP) is 3.60. The van der Waals surface area contributed by atoms with Crippen molar-refractivity contribution in [2.45, 2.75) is 40.2 Å². The third kappa shape index (κ3) is 3.64. The fourth-order valence-corrected chi connectivity index (χ4v) is 4.14. The predicted molar refractivity (Wildman–Crippen MR) is 115 cm³/mol. The third-order valence-electron chi connectivity index (χ3n) is 5.37. The van der Waals surface area contributed by atoms with Crippen molar-refractivity contribution < 1.29 is 4.74 Å². The molecule has 0 spiro atoms. The molecular weight excluding hydrogens is 364 g/mol. The molecule has 1 aliphatic heterocycles. The first kappa shape index (κ1) is 19.2. The molecule has 0 saturated carbocycles. The van der Waals surface area contributed by atoms with Gasteiger partial charge in [-0.1, -0.05) is 13.8 Å². The molecule has 7 nitrogen and oxygen atoms in total. The van der Waals surface area contributed by atoms with E-state index in [-0.39, 0.29) is 0 Å². The Kier molecular flexibility index (Phi) is 4.90. The molecule has 4 rings (SSSR count). The number of nitrogens with two attached hydrogens (primary N) is 1. The first-order chi connectivity index (χ1) is 13.8. The van der Waals surface area contributed by atoms with Crippen molar-refractivity contribution in [2.24, 2.45) is 7.05 Å². The summed E-state index contributed by atoms with van der Waals surface area (Å²) in [6.07, 6.45) is 3.92. The van der Waals surface area contributed by atoms with Gasteiger partial charge in [0, 0.05) is 42.2 Å². The Bertz CT molecular complexity index is 1060. The average Bonchev–Trinajstić information content (AvgIpc) is 2.95. The molecule has 0 aliphatic carbocycles. The number of anilines is 2. The number of fused-ring (bicyclic) bond motifs is 1. The summed E-state index contributed by atoms with van der Waals surface area (Å²) in [7, 11) is 1.93. The fraction of sp³-hybridized carbons (Fsp3) is 0.409. The zero-order valence-corrected chi connectivity index (χ0v) is 17.7. The zero-order valence-electron chi connectivity index (χ0n) is 17.7. The maximum atomic E-state index is 6.15. The maximum absolute atomic E-state index is 6.15. The quantitative estimate of drug-likeness (QED) is 0.733. The highest BCUT2D eigenvalue weighted by Crippen LogP contribution is 2.36. The van der Waals surface area contributed by atoms with E-state index >= 15 is 0 Å². The lowest BCUT2D eigenvalue weighted by molar-refractivity contribution is 0.329. The van der Waals surface area contributed by atoms with E-state index < -0.39 is 0 Å². The summed E-state index contributed by atoms with van der Waals surface area (Å²) in [5, 5.41) is 4.31. The van der Waals surface area contributed by atoms with Gasteiger partial charge in [0.1, 0.15) is 18.2 Å². The van der Waals surface area contributed by atoms with E-state index in [1.165, 1.54) is 0 Å². The van der Waals surface area contributed by atoms with Crippen LogP contribution in [0.5, 0.6) is 5.75 Å². The van der Waals surface area contributed by atoms with E-state index in [2.05, 4.69) is 52.9 Å². The first-order valence-electron chi connectivity index (χ1n) is 9.97. The van der Waals surface area contributed by atoms with Crippen molar-refractivity contribution >= 4 is 11.8 Å². The SMILES string of the molecule is Cc1cc(-c2cnn(C)c2)cc2c1OCCN(c1nc(N)nc(C)c1C(C)C)C2. The Morgan fingerprint density at radius 2 is 1.93 bits per heavy atom. The summed E-state index contributed by atoms with van der Waals surface area (Å²) >= 11 is 0. The average molecular weight is 393 g/mol. The number of benzene rings is 1. The van der Waals surface area contributed by atoms with Crippen molar-refractivity contribution in [3.63, 3.8) is 0 Å². The molecule has 7 heteroatoms. The Hall–Kier alpha value is -3.09. The summed E-state index contributed by atoms with van der Waals surface area (Å²) in [5.74, 6) is 2.49. The van der Waals surface area contributed by atoms with Gasteiger partial charge in [-0.05, 0) is 43.0 Å². The lowest BCUT2D eigenvalue weighted by Crippen LogP contribution is -2.28. The van der Waals surface area contributed by atoms with Crippen LogP contribution < -0.4 is 15.4 Å². The molecule has 0 fully saturated rings. The van der Waals surface area contributed by atoms with Crippen molar-refractivity contribution in [1.29, 1.82) is 0 Å². The molecule has 2 N–H and O–H groups in total. The molecular formula is C22H28N6O. The van der Waals surface area contributed by atoms with Crippen LogP contribution in [0, 0.1) is 13.8 Å². The van der Waals surface area contributed by atoms with E-state index in [9.17, 15) is 0 Å². The van der Waals surface area contributed by atoms with Gasteiger partial charge in [-0.3, -0.25) is 4.68 Å². The Labute approximate surface area is 171 Å². The van der Waals surface area contributed by atoms with Gasteiger partial charge in [0.05, 0.1) is 12.7 Å². The summed E-state index contributed by atoms with van der Waals surface area (Å²) in [6, 6.07) is 4.36. The minimum atomic E-state index is 0.303.